The molecule has 0 unspecified atom stereocenters. The van der Waals surface area contributed by atoms with Crippen LogP contribution < -0.4 is 10.1 Å². The number of aromatic nitrogens is 1. The van der Waals surface area contributed by atoms with Crippen molar-refractivity contribution in [3.8, 4) is 5.75 Å². The third-order valence-corrected chi connectivity index (χ3v) is 5.37. The quantitative estimate of drug-likeness (QED) is 0.418. The summed E-state index contributed by atoms with van der Waals surface area (Å²) in [7, 11) is 1.39. The summed E-state index contributed by atoms with van der Waals surface area (Å²) in [5.41, 5.74) is 2.41. The number of rotatable bonds is 7. The molecule has 4 rings (SSSR count). The average Bonchev–Trinajstić information content (AvgIpc) is 3.26. The SMILES string of the molecule is Cc1noc(C)c1COc1ccccc1C(=O)OCC(=O)Nc1ccc2c(c1)C(=O)N(C)C2=O. The van der Waals surface area contributed by atoms with E-state index in [1.807, 2.05) is 0 Å². The van der Waals surface area contributed by atoms with Gasteiger partial charge >= 0.3 is 5.97 Å². The standard InChI is InChI=1S/C24H21N3O7/c1-13-19(14(2)34-26-13)11-32-20-7-5-4-6-17(20)24(31)33-12-21(28)25-15-8-9-16-18(10-15)23(30)27(3)22(16)29/h4-10H,11-12H2,1-3H3,(H,25,28). The van der Waals surface area contributed by atoms with E-state index in [1.165, 1.54) is 31.3 Å². The fourth-order valence-electron chi connectivity index (χ4n) is 3.46. The smallest absolute Gasteiger partial charge is 0.342 e. The van der Waals surface area contributed by atoms with Crippen LogP contribution in [0.25, 0.3) is 0 Å². The van der Waals surface area contributed by atoms with Crippen molar-refractivity contribution in [1.82, 2.24) is 10.1 Å². The van der Waals surface area contributed by atoms with Gasteiger partial charge in [-0.15, -0.1) is 0 Å². The van der Waals surface area contributed by atoms with Crippen LogP contribution in [-0.2, 0) is 16.1 Å². The summed E-state index contributed by atoms with van der Waals surface area (Å²) in [6.45, 7) is 3.16. The molecule has 0 aliphatic carbocycles. The molecule has 174 valence electrons. The molecular formula is C24H21N3O7. The van der Waals surface area contributed by atoms with Gasteiger partial charge in [0.05, 0.1) is 22.4 Å². The molecule has 2 heterocycles. The lowest BCUT2D eigenvalue weighted by atomic mass is 10.1. The fourth-order valence-corrected chi connectivity index (χ4v) is 3.46. The number of amides is 3. The van der Waals surface area contributed by atoms with E-state index in [0.29, 0.717) is 22.9 Å². The van der Waals surface area contributed by atoms with E-state index >= 15 is 0 Å². The number of nitrogens with one attached hydrogen (secondary N) is 1. The summed E-state index contributed by atoms with van der Waals surface area (Å²) in [6.07, 6.45) is 0. The maximum Gasteiger partial charge on any atom is 0.342 e. The third-order valence-electron chi connectivity index (χ3n) is 5.37. The molecule has 10 nitrogen and oxygen atoms in total. The Balaban J connectivity index is 1.37. The van der Waals surface area contributed by atoms with Crippen LogP contribution in [0, 0.1) is 13.8 Å². The number of hydrogen-bond donors (Lipinski definition) is 1. The van der Waals surface area contributed by atoms with E-state index in [9.17, 15) is 19.2 Å². The van der Waals surface area contributed by atoms with Gasteiger partial charge in [0.2, 0.25) is 0 Å². The van der Waals surface area contributed by atoms with Crippen LogP contribution in [0.2, 0.25) is 0 Å². The summed E-state index contributed by atoms with van der Waals surface area (Å²) < 4.78 is 16.0. The molecule has 2 aromatic carbocycles. The summed E-state index contributed by atoms with van der Waals surface area (Å²) in [5, 5.41) is 6.42. The number of esters is 1. The summed E-state index contributed by atoms with van der Waals surface area (Å²) in [4.78, 5) is 50.0. The van der Waals surface area contributed by atoms with Gasteiger partial charge in [0.25, 0.3) is 17.7 Å². The van der Waals surface area contributed by atoms with Gasteiger partial charge in [0.15, 0.2) is 6.61 Å². The number of ether oxygens (including phenoxy) is 2. The Kier molecular flexibility index (Phi) is 6.13. The van der Waals surface area contributed by atoms with Crippen molar-refractivity contribution < 1.29 is 33.2 Å². The second-order valence-corrected chi connectivity index (χ2v) is 7.64. The number of aryl methyl sites for hydroxylation is 2. The van der Waals surface area contributed by atoms with E-state index in [-0.39, 0.29) is 23.3 Å². The Bertz CT molecular complexity index is 1290. The highest BCUT2D eigenvalue weighted by atomic mass is 16.5. The molecule has 1 N–H and O–H groups in total. The highest BCUT2D eigenvalue weighted by Crippen LogP contribution is 2.25. The predicted molar refractivity (Wildman–Crippen MR) is 119 cm³/mol. The molecular weight excluding hydrogens is 442 g/mol. The van der Waals surface area contributed by atoms with Crippen LogP contribution in [-0.4, -0.2) is 47.4 Å². The molecule has 34 heavy (non-hydrogen) atoms. The van der Waals surface area contributed by atoms with Gasteiger partial charge < -0.3 is 19.3 Å². The van der Waals surface area contributed by atoms with E-state index in [4.69, 9.17) is 14.0 Å². The topological polar surface area (TPSA) is 128 Å². The van der Waals surface area contributed by atoms with Crippen molar-refractivity contribution in [1.29, 1.82) is 0 Å². The van der Waals surface area contributed by atoms with E-state index in [2.05, 4.69) is 10.5 Å². The molecule has 0 atom stereocenters. The highest BCUT2D eigenvalue weighted by Gasteiger charge is 2.32. The zero-order chi connectivity index (χ0) is 24.4. The van der Waals surface area contributed by atoms with Crippen molar-refractivity contribution in [2.24, 2.45) is 0 Å². The summed E-state index contributed by atoms with van der Waals surface area (Å²) >= 11 is 0. The Morgan fingerprint density at radius 1 is 1.06 bits per heavy atom. The Morgan fingerprint density at radius 3 is 2.53 bits per heavy atom. The summed E-state index contributed by atoms with van der Waals surface area (Å²) in [6, 6.07) is 10.9. The molecule has 1 aromatic heterocycles. The van der Waals surface area contributed by atoms with Crippen LogP contribution in [0.3, 0.4) is 0 Å². The molecule has 1 aliphatic rings. The molecule has 0 radical (unpaired) electrons. The number of benzene rings is 2. The monoisotopic (exact) mass is 463 g/mol. The highest BCUT2D eigenvalue weighted by molar-refractivity contribution is 6.21. The van der Waals surface area contributed by atoms with Crippen molar-refractivity contribution in [2.75, 3.05) is 19.0 Å². The third kappa shape index (κ3) is 4.38. The number of carbonyl (C=O) groups excluding carboxylic acids is 4. The van der Waals surface area contributed by atoms with Crippen molar-refractivity contribution >= 4 is 29.4 Å². The molecule has 0 spiro atoms. The number of carbonyl (C=O) groups is 4. The molecule has 0 fully saturated rings. The second kappa shape index (κ2) is 9.18. The molecule has 1 aliphatic heterocycles. The van der Waals surface area contributed by atoms with Gasteiger partial charge in [0, 0.05) is 12.7 Å². The predicted octanol–water partition coefficient (Wildman–Crippen LogP) is 2.89. The van der Waals surface area contributed by atoms with Crippen LogP contribution >= 0.6 is 0 Å². The van der Waals surface area contributed by atoms with Gasteiger partial charge in [0.1, 0.15) is 23.7 Å². The van der Waals surface area contributed by atoms with Gasteiger partial charge in [-0.2, -0.15) is 0 Å². The first-order valence-electron chi connectivity index (χ1n) is 10.3. The minimum absolute atomic E-state index is 0.153. The van der Waals surface area contributed by atoms with Gasteiger partial charge in [-0.1, -0.05) is 17.3 Å². The first-order valence-corrected chi connectivity index (χ1v) is 10.3. The molecule has 3 amide bonds. The second-order valence-electron chi connectivity index (χ2n) is 7.64. The Labute approximate surface area is 194 Å². The molecule has 0 saturated carbocycles. The van der Waals surface area contributed by atoms with Crippen LogP contribution in [0.15, 0.2) is 47.0 Å². The first-order chi connectivity index (χ1) is 16.3. The average molecular weight is 463 g/mol. The number of fused-ring (bicyclic) bond motifs is 1. The normalized spacial score (nSPS) is 12.5. The maximum absolute atomic E-state index is 12.6. The lowest BCUT2D eigenvalue weighted by Gasteiger charge is -2.11. The largest absolute Gasteiger partial charge is 0.488 e. The first kappa shape index (κ1) is 22.7. The Morgan fingerprint density at radius 2 is 1.79 bits per heavy atom. The van der Waals surface area contributed by atoms with Crippen molar-refractivity contribution in [3.63, 3.8) is 0 Å². The van der Waals surface area contributed by atoms with Crippen LogP contribution in [0.1, 0.15) is 48.1 Å². The number of anilines is 1. The molecule has 3 aromatic rings. The number of para-hydroxylation sites is 1. The number of nitrogens with zero attached hydrogens (tertiary/aromatic N) is 2. The van der Waals surface area contributed by atoms with Crippen molar-refractivity contribution in [2.45, 2.75) is 20.5 Å². The minimum Gasteiger partial charge on any atom is -0.488 e. The Hall–Kier alpha value is -4.47. The summed E-state index contributed by atoms with van der Waals surface area (Å²) in [5.74, 6) is -1.27. The van der Waals surface area contributed by atoms with Gasteiger partial charge in [-0.3, -0.25) is 19.3 Å². The fraction of sp³-hybridized carbons (Fsp3) is 0.208. The van der Waals surface area contributed by atoms with E-state index in [1.54, 1.807) is 32.0 Å². The van der Waals surface area contributed by atoms with Crippen LogP contribution in [0.4, 0.5) is 5.69 Å². The minimum atomic E-state index is -0.735. The number of imide groups is 1. The molecule has 0 bridgehead atoms. The van der Waals surface area contributed by atoms with Gasteiger partial charge in [-0.05, 0) is 44.2 Å². The number of hydrogen-bond acceptors (Lipinski definition) is 8. The van der Waals surface area contributed by atoms with Crippen molar-refractivity contribution in [3.05, 3.63) is 76.2 Å². The lowest BCUT2D eigenvalue weighted by molar-refractivity contribution is -0.119. The molecule has 0 saturated heterocycles. The zero-order valence-corrected chi connectivity index (χ0v) is 18.7. The maximum atomic E-state index is 12.6. The molecule has 10 heteroatoms. The zero-order valence-electron chi connectivity index (χ0n) is 18.7. The van der Waals surface area contributed by atoms with Crippen LogP contribution in [0.5, 0.6) is 5.75 Å². The van der Waals surface area contributed by atoms with Gasteiger partial charge in [-0.25, -0.2) is 4.79 Å². The lowest BCUT2D eigenvalue weighted by Crippen LogP contribution is -2.24. The van der Waals surface area contributed by atoms with E-state index < -0.39 is 30.3 Å². The van der Waals surface area contributed by atoms with E-state index in [0.717, 1.165) is 10.5 Å².